The van der Waals surface area contributed by atoms with E-state index in [1.807, 2.05) is 6.92 Å². The van der Waals surface area contributed by atoms with Gasteiger partial charge in [-0.15, -0.1) is 0 Å². The summed E-state index contributed by atoms with van der Waals surface area (Å²) < 4.78 is 10.4. The summed E-state index contributed by atoms with van der Waals surface area (Å²) in [6.07, 6.45) is -0.359. The summed E-state index contributed by atoms with van der Waals surface area (Å²) in [6.45, 7) is 9.28. The summed E-state index contributed by atoms with van der Waals surface area (Å²) in [5, 5.41) is 6.72. The van der Waals surface area contributed by atoms with E-state index in [-0.39, 0.29) is 18.0 Å². The van der Waals surface area contributed by atoms with Crippen LogP contribution in [0.15, 0.2) is 5.16 Å². The predicted octanol–water partition coefficient (Wildman–Crippen LogP) is 1.85. The summed E-state index contributed by atoms with van der Waals surface area (Å²) in [5.41, 5.74) is 0.234. The van der Waals surface area contributed by atoms with Crippen molar-refractivity contribution in [1.82, 2.24) is 5.32 Å². The molecule has 1 aliphatic carbocycles. The van der Waals surface area contributed by atoms with Crippen LogP contribution in [-0.2, 0) is 19.1 Å². The summed E-state index contributed by atoms with van der Waals surface area (Å²) >= 11 is 0. The Hall–Kier alpha value is -1.79. The van der Waals surface area contributed by atoms with Gasteiger partial charge in [-0.3, -0.25) is 4.79 Å². The van der Waals surface area contributed by atoms with Gasteiger partial charge in [0.1, 0.15) is 5.60 Å². The fourth-order valence-corrected chi connectivity index (χ4v) is 2.91. The first kappa shape index (κ1) is 16.6. The quantitative estimate of drug-likeness (QED) is 0.804. The minimum Gasteiger partial charge on any atom is -0.466 e. The van der Waals surface area contributed by atoms with Crippen LogP contribution in [0.5, 0.6) is 0 Å². The number of alkyl carbamates (subject to hydrolysis) is 1. The molecule has 7 nitrogen and oxygen atoms in total. The van der Waals surface area contributed by atoms with Crippen molar-refractivity contribution in [3.05, 3.63) is 0 Å². The third kappa shape index (κ3) is 3.51. The molecule has 0 radical (unpaired) electrons. The van der Waals surface area contributed by atoms with Crippen LogP contribution in [0.4, 0.5) is 4.79 Å². The van der Waals surface area contributed by atoms with Crippen LogP contribution in [0.1, 0.15) is 41.0 Å². The number of oxime groups is 1. The Kier molecular flexibility index (Phi) is 4.63. The topological polar surface area (TPSA) is 86.2 Å². The Morgan fingerprint density at radius 1 is 1.41 bits per heavy atom. The zero-order valence-electron chi connectivity index (χ0n) is 13.7. The fourth-order valence-electron chi connectivity index (χ4n) is 2.91. The summed E-state index contributed by atoms with van der Waals surface area (Å²) in [4.78, 5) is 29.6. The highest BCUT2D eigenvalue weighted by Crippen LogP contribution is 2.39. The van der Waals surface area contributed by atoms with E-state index in [1.54, 1.807) is 27.7 Å². The Balaban J connectivity index is 2.10. The lowest BCUT2D eigenvalue weighted by molar-refractivity contribution is -0.149. The number of carbonyl (C=O) groups excluding carboxylic acids is 2. The Morgan fingerprint density at radius 2 is 2.09 bits per heavy atom. The molecule has 0 saturated heterocycles. The molecule has 22 heavy (non-hydrogen) atoms. The average Bonchev–Trinajstić information content (AvgIpc) is 2.89. The molecule has 2 aliphatic rings. The molecule has 1 aliphatic heterocycles. The summed E-state index contributed by atoms with van der Waals surface area (Å²) in [7, 11) is 0. The first-order valence-corrected chi connectivity index (χ1v) is 7.59. The van der Waals surface area contributed by atoms with E-state index in [0.717, 1.165) is 5.71 Å². The van der Waals surface area contributed by atoms with Crippen LogP contribution >= 0.6 is 0 Å². The second-order valence-corrected chi connectivity index (χ2v) is 6.68. The highest BCUT2D eigenvalue weighted by molar-refractivity contribution is 5.88. The van der Waals surface area contributed by atoms with Crippen molar-refractivity contribution >= 4 is 17.8 Å². The normalized spacial score (nSPS) is 30.1. The van der Waals surface area contributed by atoms with Gasteiger partial charge in [0.05, 0.1) is 24.3 Å². The molecule has 0 unspecified atom stereocenters. The number of fused-ring (bicyclic) bond motifs is 1. The number of rotatable bonds is 3. The van der Waals surface area contributed by atoms with E-state index in [0.29, 0.717) is 13.0 Å². The Labute approximate surface area is 130 Å². The van der Waals surface area contributed by atoms with Crippen molar-refractivity contribution in [2.24, 2.45) is 17.0 Å². The molecule has 124 valence electrons. The maximum Gasteiger partial charge on any atom is 0.408 e. The smallest absolute Gasteiger partial charge is 0.408 e. The number of hydrogen-bond donors (Lipinski definition) is 1. The van der Waals surface area contributed by atoms with Crippen LogP contribution in [0.25, 0.3) is 0 Å². The largest absolute Gasteiger partial charge is 0.466 e. The van der Waals surface area contributed by atoms with Gasteiger partial charge >= 0.3 is 12.1 Å². The molecule has 0 bridgehead atoms. The molecule has 0 aromatic rings. The minimum atomic E-state index is -0.607. The number of nitrogens with one attached hydrogen (secondary N) is 1. The molecule has 1 heterocycles. The van der Waals surface area contributed by atoms with Crippen molar-refractivity contribution in [1.29, 1.82) is 0 Å². The van der Waals surface area contributed by atoms with E-state index < -0.39 is 23.7 Å². The lowest BCUT2D eigenvalue weighted by atomic mass is 10.0. The maximum atomic E-state index is 12.2. The van der Waals surface area contributed by atoms with Gasteiger partial charge in [0.15, 0.2) is 6.10 Å². The Bertz CT molecular complexity index is 483. The van der Waals surface area contributed by atoms with Gasteiger partial charge in [-0.05, 0) is 41.0 Å². The summed E-state index contributed by atoms with van der Waals surface area (Å²) in [6, 6.07) is -0.500. The maximum absolute atomic E-state index is 12.2. The Morgan fingerprint density at radius 3 is 2.68 bits per heavy atom. The van der Waals surface area contributed by atoms with Crippen molar-refractivity contribution in [3.63, 3.8) is 0 Å². The van der Waals surface area contributed by atoms with Crippen LogP contribution in [0, 0.1) is 11.8 Å². The number of carbonyl (C=O) groups is 2. The first-order chi connectivity index (χ1) is 10.2. The van der Waals surface area contributed by atoms with Crippen LogP contribution in [0.2, 0.25) is 0 Å². The van der Waals surface area contributed by atoms with Gasteiger partial charge in [-0.25, -0.2) is 4.79 Å². The van der Waals surface area contributed by atoms with Crippen LogP contribution < -0.4 is 5.32 Å². The number of amides is 1. The SMILES string of the molecule is CCOC(=O)[C@H]1C[C@@H]2C(C)=NO[C@@H]2[C@@H]1NC(=O)OC(C)(C)C. The molecule has 1 saturated carbocycles. The molecule has 1 N–H and O–H groups in total. The van der Waals surface area contributed by atoms with Crippen LogP contribution in [-0.4, -0.2) is 42.1 Å². The van der Waals surface area contributed by atoms with E-state index in [1.165, 1.54) is 0 Å². The molecule has 0 aromatic carbocycles. The molecular formula is C15H24N2O5. The third-order valence-corrected chi connectivity index (χ3v) is 3.82. The van der Waals surface area contributed by atoms with E-state index >= 15 is 0 Å². The molecule has 2 rings (SSSR count). The molecule has 7 heteroatoms. The number of esters is 1. The van der Waals surface area contributed by atoms with E-state index in [4.69, 9.17) is 14.3 Å². The van der Waals surface area contributed by atoms with Gasteiger partial charge in [0.25, 0.3) is 0 Å². The lowest BCUT2D eigenvalue weighted by Crippen LogP contribution is -2.48. The van der Waals surface area contributed by atoms with Gasteiger partial charge in [0.2, 0.25) is 0 Å². The molecule has 4 atom stereocenters. The van der Waals surface area contributed by atoms with Crippen molar-refractivity contribution in [2.75, 3.05) is 6.61 Å². The number of hydrogen-bond acceptors (Lipinski definition) is 6. The molecule has 0 spiro atoms. The van der Waals surface area contributed by atoms with Gasteiger partial charge in [0, 0.05) is 5.92 Å². The average molecular weight is 312 g/mol. The van der Waals surface area contributed by atoms with Crippen molar-refractivity contribution < 1.29 is 23.9 Å². The third-order valence-electron chi connectivity index (χ3n) is 3.82. The highest BCUT2D eigenvalue weighted by atomic mass is 16.6. The van der Waals surface area contributed by atoms with Crippen molar-refractivity contribution in [2.45, 2.75) is 58.8 Å². The van der Waals surface area contributed by atoms with Crippen LogP contribution in [0.3, 0.4) is 0 Å². The summed E-state index contributed by atoms with van der Waals surface area (Å²) in [5.74, 6) is -0.753. The van der Waals surface area contributed by atoms with E-state index in [2.05, 4.69) is 10.5 Å². The zero-order valence-corrected chi connectivity index (χ0v) is 13.7. The van der Waals surface area contributed by atoms with Gasteiger partial charge in [-0.2, -0.15) is 0 Å². The number of ether oxygens (including phenoxy) is 2. The van der Waals surface area contributed by atoms with Gasteiger partial charge < -0.3 is 19.6 Å². The molecule has 1 amide bonds. The van der Waals surface area contributed by atoms with Gasteiger partial charge in [-0.1, -0.05) is 5.16 Å². The standard InChI is InChI=1S/C15H24N2O5/c1-6-20-13(18)10-7-9-8(2)17-22-12(9)11(10)16-14(19)21-15(3,4)5/h9-12H,6-7H2,1-5H3,(H,16,19)/t9-,10+,11-,12+/m1/s1. The fraction of sp³-hybridized carbons (Fsp3) is 0.800. The minimum absolute atomic E-state index is 0.0225. The van der Waals surface area contributed by atoms with Crippen molar-refractivity contribution in [3.8, 4) is 0 Å². The highest BCUT2D eigenvalue weighted by Gasteiger charge is 2.53. The molecule has 1 fully saturated rings. The molecule has 0 aromatic heterocycles. The molecular weight excluding hydrogens is 288 g/mol. The number of nitrogens with zero attached hydrogens (tertiary/aromatic N) is 1. The predicted molar refractivity (Wildman–Crippen MR) is 79.4 cm³/mol. The second kappa shape index (κ2) is 6.14. The lowest BCUT2D eigenvalue weighted by Gasteiger charge is -2.25. The second-order valence-electron chi connectivity index (χ2n) is 6.68. The zero-order chi connectivity index (χ0) is 16.5. The van der Waals surface area contributed by atoms with E-state index in [9.17, 15) is 9.59 Å². The monoisotopic (exact) mass is 312 g/mol. The first-order valence-electron chi connectivity index (χ1n) is 7.59.